The summed E-state index contributed by atoms with van der Waals surface area (Å²) in [5.74, 6) is -0.160. The molecule has 0 radical (unpaired) electrons. The van der Waals surface area contributed by atoms with Crippen LogP contribution in [0.2, 0.25) is 0 Å². The number of rotatable bonds is 4. The summed E-state index contributed by atoms with van der Waals surface area (Å²) < 4.78 is 0. The minimum Gasteiger partial charge on any atom is -0.300 e. The van der Waals surface area contributed by atoms with Crippen LogP contribution in [0.25, 0.3) is 6.08 Å². The molecule has 2 aromatic rings. The molecule has 1 saturated heterocycles. The zero-order valence-corrected chi connectivity index (χ0v) is 11.9. The van der Waals surface area contributed by atoms with Gasteiger partial charge in [-0.2, -0.15) is 5.10 Å². The highest BCUT2D eigenvalue weighted by Crippen LogP contribution is 2.11. The minimum absolute atomic E-state index is 0.160. The number of amides is 1. The molecule has 110 valence electrons. The zero-order chi connectivity index (χ0) is 15.2. The normalized spacial score (nSPS) is 19.2. The van der Waals surface area contributed by atoms with Gasteiger partial charge in [0.15, 0.2) is 6.04 Å². The number of carbonyl (C=O) groups is 1. The van der Waals surface area contributed by atoms with Crippen molar-refractivity contribution in [3.05, 3.63) is 77.5 Å². The van der Waals surface area contributed by atoms with E-state index in [-0.39, 0.29) is 5.91 Å². The monoisotopic (exact) mass is 292 g/mol. The minimum atomic E-state index is -0.528. The maximum Gasteiger partial charge on any atom is 0.268 e. The Labute approximate surface area is 128 Å². The largest absolute Gasteiger partial charge is 0.300 e. The standard InChI is InChI=1S/C17H16N4O/c22-17-16(20-18-12-14-9-5-2-6-10-14)15(19-21-17)11-13-7-3-1-4-8-13/h1-12,16,19-20H,(H,21,22). The van der Waals surface area contributed by atoms with Gasteiger partial charge in [-0.3, -0.25) is 21.1 Å². The summed E-state index contributed by atoms with van der Waals surface area (Å²) in [6.45, 7) is 0. The topological polar surface area (TPSA) is 65.5 Å². The van der Waals surface area contributed by atoms with Crippen molar-refractivity contribution in [1.82, 2.24) is 16.3 Å². The van der Waals surface area contributed by atoms with Gasteiger partial charge in [-0.15, -0.1) is 0 Å². The predicted octanol–water partition coefficient (Wildman–Crippen LogP) is 1.65. The first-order chi connectivity index (χ1) is 10.8. The third kappa shape index (κ3) is 3.32. The highest BCUT2D eigenvalue weighted by molar-refractivity contribution is 5.89. The van der Waals surface area contributed by atoms with Gasteiger partial charge >= 0.3 is 0 Å². The molecule has 5 heteroatoms. The van der Waals surface area contributed by atoms with Crippen molar-refractivity contribution in [2.75, 3.05) is 0 Å². The van der Waals surface area contributed by atoms with Gasteiger partial charge < -0.3 is 0 Å². The number of benzene rings is 2. The van der Waals surface area contributed by atoms with Gasteiger partial charge in [0.2, 0.25) is 0 Å². The lowest BCUT2D eigenvalue weighted by Crippen LogP contribution is -2.34. The van der Waals surface area contributed by atoms with Gasteiger partial charge in [-0.25, -0.2) is 0 Å². The Balaban J connectivity index is 1.72. The van der Waals surface area contributed by atoms with Crippen LogP contribution in [-0.4, -0.2) is 18.2 Å². The summed E-state index contributed by atoms with van der Waals surface area (Å²) in [5.41, 5.74) is 11.1. The molecule has 5 nitrogen and oxygen atoms in total. The quantitative estimate of drug-likeness (QED) is 0.593. The molecule has 0 bridgehead atoms. The third-order valence-electron chi connectivity index (χ3n) is 3.24. The van der Waals surface area contributed by atoms with E-state index in [0.717, 1.165) is 16.8 Å². The average Bonchev–Trinajstić information content (AvgIpc) is 2.90. The fourth-order valence-electron chi connectivity index (χ4n) is 2.12. The van der Waals surface area contributed by atoms with E-state index in [1.807, 2.05) is 66.7 Å². The van der Waals surface area contributed by atoms with Gasteiger partial charge in [0.1, 0.15) is 0 Å². The molecular formula is C17H16N4O. The van der Waals surface area contributed by atoms with E-state index >= 15 is 0 Å². The summed E-state index contributed by atoms with van der Waals surface area (Å²) in [7, 11) is 0. The number of hydrogen-bond acceptors (Lipinski definition) is 4. The number of hydrazone groups is 1. The second kappa shape index (κ2) is 6.58. The lowest BCUT2D eigenvalue weighted by Gasteiger charge is -2.07. The summed E-state index contributed by atoms with van der Waals surface area (Å²) in [5, 5.41) is 4.15. The van der Waals surface area contributed by atoms with E-state index in [1.54, 1.807) is 6.21 Å². The van der Waals surface area contributed by atoms with E-state index in [0.29, 0.717) is 0 Å². The second-order valence-electron chi connectivity index (χ2n) is 4.86. The third-order valence-corrected chi connectivity index (χ3v) is 3.24. The van der Waals surface area contributed by atoms with E-state index < -0.39 is 6.04 Å². The van der Waals surface area contributed by atoms with Crippen LogP contribution in [0.15, 0.2) is 71.5 Å². The van der Waals surface area contributed by atoms with E-state index in [4.69, 9.17) is 0 Å². The van der Waals surface area contributed by atoms with E-state index in [2.05, 4.69) is 21.4 Å². The number of nitrogens with one attached hydrogen (secondary N) is 3. The van der Waals surface area contributed by atoms with Crippen molar-refractivity contribution in [3.8, 4) is 0 Å². The first-order valence-electron chi connectivity index (χ1n) is 6.99. The van der Waals surface area contributed by atoms with Crippen molar-refractivity contribution >= 4 is 18.2 Å². The van der Waals surface area contributed by atoms with Gasteiger partial charge in [-0.1, -0.05) is 60.7 Å². The van der Waals surface area contributed by atoms with Gasteiger partial charge in [0, 0.05) is 0 Å². The molecule has 0 spiro atoms. The molecule has 1 aliphatic heterocycles. The molecule has 0 aromatic heterocycles. The Morgan fingerprint density at radius 3 is 2.23 bits per heavy atom. The maximum atomic E-state index is 11.9. The Bertz CT molecular complexity index is 695. The molecule has 2 aromatic carbocycles. The molecule has 1 aliphatic rings. The number of carbonyl (C=O) groups excluding carboxylic acids is 1. The SMILES string of the molecule is O=C1NNC(=Cc2ccccc2)C1NN=Cc1ccccc1. The van der Waals surface area contributed by atoms with Gasteiger partial charge in [-0.05, 0) is 17.2 Å². The number of hydrazine groups is 1. The molecule has 1 amide bonds. The summed E-state index contributed by atoms with van der Waals surface area (Å²) in [6.07, 6.45) is 3.60. The van der Waals surface area contributed by atoms with Crippen LogP contribution >= 0.6 is 0 Å². The van der Waals surface area contributed by atoms with Crippen LogP contribution in [0.5, 0.6) is 0 Å². The maximum absolute atomic E-state index is 11.9. The van der Waals surface area contributed by atoms with Crippen molar-refractivity contribution < 1.29 is 4.79 Å². The lowest BCUT2D eigenvalue weighted by molar-refractivity contribution is -0.120. The van der Waals surface area contributed by atoms with Crippen molar-refractivity contribution in [3.63, 3.8) is 0 Å². The molecule has 0 aliphatic carbocycles. The van der Waals surface area contributed by atoms with E-state index in [9.17, 15) is 4.79 Å². The fourth-order valence-corrected chi connectivity index (χ4v) is 2.12. The number of nitrogens with zero attached hydrogens (tertiary/aromatic N) is 1. The first kappa shape index (κ1) is 13.9. The average molecular weight is 292 g/mol. The van der Waals surface area contributed by atoms with Crippen LogP contribution in [-0.2, 0) is 4.79 Å². The fraction of sp³-hybridized carbons (Fsp3) is 0.0588. The zero-order valence-electron chi connectivity index (χ0n) is 11.9. The van der Waals surface area contributed by atoms with Crippen LogP contribution in [0.4, 0.5) is 0 Å². The van der Waals surface area contributed by atoms with Crippen molar-refractivity contribution in [1.29, 1.82) is 0 Å². The molecule has 1 fully saturated rings. The molecule has 1 heterocycles. The van der Waals surface area contributed by atoms with Gasteiger partial charge in [0.25, 0.3) is 5.91 Å². The van der Waals surface area contributed by atoms with Crippen LogP contribution < -0.4 is 16.3 Å². The Hall–Kier alpha value is -3.08. The summed E-state index contributed by atoms with van der Waals surface area (Å²) in [4.78, 5) is 11.9. The molecule has 1 unspecified atom stereocenters. The highest BCUT2D eigenvalue weighted by Gasteiger charge is 2.28. The first-order valence-corrected chi connectivity index (χ1v) is 6.99. The molecule has 3 N–H and O–H groups in total. The Morgan fingerprint density at radius 1 is 0.909 bits per heavy atom. The van der Waals surface area contributed by atoms with Crippen LogP contribution in [0, 0.1) is 0 Å². The molecule has 1 atom stereocenters. The molecule has 22 heavy (non-hydrogen) atoms. The smallest absolute Gasteiger partial charge is 0.268 e. The molecular weight excluding hydrogens is 276 g/mol. The van der Waals surface area contributed by atoms with Crippen LogP contribution in [0.3, 0.4) is 0 Å². The summed E-state index contributed by atoms with van der Waals surface area (Å²) >= 11 is 0. The lowest BCUT2D eigenvalue weighted by atomic mass is 10.1. The van der Waals surface area contributed by atoms with Crippen LogP contribution in [0.1, 0.15) is 11.1 Å². The summed E-state index contributed by atoms with van der Waals surface area (Å²) in [6, 6.07) is 19.0. The van der Waals surface area contributed by atoms with E-state index in [1.165, 1.54) is 0 Å². The molecule has 3 rings (SSSR count). The Kier molecular flexibility index (Phi) is 4.15. The number of hydrogen-bond donors (Lipinski definition) is 3. The molecule has 0 saturated carbocycles. The van der Waals surface area contributed by atoms with Crippen molar-refractivity contribution in [2.24, 2.45) is 5.10 Å². The van der Waals surface area contributed by atoms with Crippen molar-refractivity contribution in [2.45, 2.75) is 6.04 Å². The second-order valence-corrected chi connectivity index (χ2v) is 4.86. The van der Waals surface area contributed by atoms with Gasteiger partial charge in [0.05, 0.1) is 11.9 Å². The highest BCUT2D eigenvalue weighted by atomic mass is 16.2. The predicted molar refractivity (Wildman–Crippen MR) is 86.7 cm³/mol. The Morgan fingerprint density at radius 2 is 1.55 bits per heavy atom.